The monoisotopic (exact) mass is 263 g/mol. The average Bonchev–Trinajstić information content (AvgIpc) is 2.75. The smallest absolute Gasteiger partial charge is 0.243 e. The van der Waals surface area contributed by atoms with Gasteiger partial charge in [0.1, 0.15) is 5.75 Å². The van der Waals surface area contributed by atoms with Gasteiger partial charge in [-0.25, -0.2) is 0 Å². The number of nitrogens with one attached hydrogen (secondary N) is 1. The Morgan fingerprint density at radius 2 is 2.32 bits per heavy atom. The van der Waals surface area contributed by atoms with Gasteiger partial charge in [0.2, 0.25) is 11.8 Å². The second kappa shape index (κ2) is 5.60. The van der Waals surface area contributed by atoms with Crippen LogP contribution in [0.1, 0.15) is 12.8 Å². The summed E-state index contributed by atoms with van der Waals surface area (Å²) in [4.78, 5) is 24.8. The van der Waals surface area contributed by atoms with Crippen molar-refractivity contribution >= 4 is 23.2 Å². The number of nitrogens with zero attached hydrogens (tertiary/aromatic N) is 1. The molecule has 6 heteroatoms. The summed E-state index contributed by atoms with van der Waals surface area (Å²) in [5.74, 6) is 0.372. The van der Waals surface area contributed by atoms with Crippen LogP contribution < -0.4 is 15.8 Å². The predicted octanol–water partition coefficient (Wildman–Crippen LogP) is 0.838. The molecule has 1 aliphatic heterocycles. The molecule has 1 fully saturated rings. The highest BCUT2D eigenvalue weighted by atomic mass is 16.5. The Hall–Kier alpha value is -2.24. The Kier molecular flexibility index (Phi) is 3.89. The van der Waals surface area contributed by atoms with E-state index in [0.717, 1.165) is 6.42 Å². The topological polar surface area (TPSA) is 84.7 Å². The first-order chi connectivity index (χ1) is 9.10. The van der Waals surface area contributed by atoms with Crippen LogP contribution in [0.25, 0.3) is 0 Å². The third-order valence-corrected chi connectivity index (χ3v) is 3.02. The fourth-order valence-electron chi connectivity index (χ4n) is 2.06. The first-order valence-corrected chi connectivity index (χ1v) is 6.11. The van der Waals surface area contributed by atoms with Crippen molar-refractivity contribution in [3.8, 4) is 5.75 Å². The van der Waals surface area contributed by atoms with Gasteiger partial charge in [0.15, 0.2) is 0 Å². The SMILES string of the molecule is COc1ccc(NC(=O)CN2CCCC2=O)cc1N. The van der Waals surface area contributed by atoms with Gasteiger partial charge < -0.3 is 20.7 Å². The third kappa shape index (κ3) is 3.15. The number of amides is 2. The lowest BCUT2D eigenvalue weighted by molar-refractivity contribution is -0.131. The summed E-state index contributed by atoms with van der Waals surface area (Å²) in [5.41, 5.74) is 6.80. The highest BCUT2D eigenvalue weighted by molar-refractivity contribution is 5.95. The van der Waals surface area contributed by atoms with Crippen molar-refractivity contribution in [3.63, 3.8) is 0 Å². The fourth-order valence-corrected chi connectivity index (χ4v) is 2.06. The lowest BCUT2D eigenvalue weighted by atomic mass is 10.2. The summed E-state index contributed by atoms with van der Waals surface area (Å²) in [6, 6.07) is 5.02. The second-order valence-electron chi connectivity index (χ2n) is 4.42. The van der Waals surface area contributed by atoms with Gasteiger partial charge in [-0.3, -0.25) is 9.59 Å². The summed E-state index contributed by atoms with van der Waals surface area (Å²) in [6.07, 6.45) is 1.35. The molecule has 1 aromatic rings. The molecule has 3 N–H and O–H groups in total. The minimum Gasteiger partial charge on any atom is -0.495 e. The molecule has 0 radical (unpaired) electrons. The quantitative estimate of drug-likeness (QED) is 0.788. The van der Waals surface area contributed by atoms with Crippen molar-refractivity contribution < 1.29 is 14.3 Å². The van der Waals surface area contributed by atoms with E-state index < -0.39 is 0 Å². The number of nitrogens with two attached hydrogens (primary N) is 1. The van der Waals surface area contributed by atoms with Crippen molar-refractivity contribution in [2.24, 2.45) is 0 Å². The molecule has 0 bridgehead atoms. The van der Waals surface area contributed by atoms with Gasteiger partial charge in [-0.15, -0.1) is 0 Å². The Bertz CT molecular complexity index is 502. The molecule has 1 heterocycles. The Labute approximate surface area is 111 Å². The molecule has 0 atom stereocenters. The lowest BCUT2D eigenvalue weighted by Gasteiger charge is -2.15. The number of nitrogen functional groups attached to an aromatic ring is 1. The van der Waals surface area contributed by atoms with E-state index in [-0.39, 0.29) is 18.4 Å². The Balaban J connectivity index is 1.95. The maximum atomic E-state index is 11.8. The maximum absolute atomic E-state index is 11.8. The standard InChI is InChI=1S/C13H17N3O3/c1-19-11-5-4-9(7-10(11)14)15-12(17)8-16-6-2-3-13(16)18/h4-5,7H,2-3,6,8,14H2,1H3,(H,15,17). The maximum Gasteiger partial charge on any atom is 0.243 e. The van der Waals surface area contributed by atoms with Crippen LogP contribution in [0.5, 0.6) is 5.75 Å². The summed E-state index contributed by atoms with van der Waals surface area (Å²) in [7, 11) is 1.53. The Morgan fingerprint density at radius 3 is 2.89 bits per heavy atom. The van der Waals surface area contributed by atoms with Crippen LogP contribution >= 0.6 is 0 Å². The van der Waals surface area contributed by atoms with Crippen molar-refractivity contribution in [3.05, 3.63) is 18.2 Å². The van der Waals surface area contributed by atoms with Gasteiger partial charge in [-0.1, -0.05) is 0 Å². The van der Waals surface area contributed by atoms with E-state index in [1.165, 1.54) is 7.11 Å². The number of ether oxygens (including phenoxy) is 1. The van der Waals surface area contributed by atoms with E-state index in [1.54, 1.807) is 23.1 Å². The van der Waals surface area contributed by atoms with Gasteiger partial charge >= 0.3 is 0 Å². The van der Waals surface area contributed by atoms with Crippen LogP contribution in [0.15, 0.2) is 18.2 Å². The van der Waals surface area contributed by atoms with E-state index in [4.69, 9.17) is 10.5 Å². The van der Waals surface area contributed by atoms with Gasteiger partial charge in [-0.2, -0.15) is 0 Å². The first kappa shape index (κ1) is 13.2. The van der Waals surface area contributed by atoms with E-state index in [1.807, 2.05) is 0 Å². The molecule has 0 saturated carbocycles. The zero-order chi connectivity index (χ0) is 13.8. The van der Waals surface area contributed by atoms with Crippen LogP contribution in [-0.4, -0.2) is 36.9 Å². The van der Waals surface area contributed by atoms with Crippen molar-refractivity contribution in [1.29, 1.82) is 0 Å². The number of benzene rings is 1. The first-order valence-electron chi connectivity index (χ1n) is 6.11. The zero-order valence-corrected chi connectivity index (χ0v) is 10.8. The van der Waals surface area contributed by atoms with Crippen LogP contribution in [0.4, 0.5) is 11.4 Å². The molecule has 19 heavy (non-hydrogen) atoms. The van der Waals surface area contributed by atoms with Crippen molar-refractivity contribution in [2.75, 3.05) is 31.2 Å². The van der Waals surface area contributed by atoms with Crippen LogP contribution in [0.2, 0.25) is 0 Å². The molecule has 1 aromatic carbocycles. The molecular weight excluding hydrogens is 246 g/mol. The second-order valence-corrected chi connectivity index (χ2v) is 4.42. The summed E-state index contributed by atoms with van der Waals surface area (Å²) in [6.45, 7) is 0.738. The minimum absolute atomic E-state index is 0.0318. The van der Waals surface area contributed by atoms with E-state index in [9.17, 15) is 9.59 Å². The lowest BCUT2D eigenvalue weighted by Crippen LogP contribution is -2.33. The van der Waals surface area contributed by atoms with Gasteiger partial charge in [0.25, 0.3) is 0 Å². The number of rotatable bonds is 4. The molecule has 2 amide bonds. The van der Waals surface area contributed by atoms with E-state index >= 15 is 0 Å². The molecule has 6 nitrogen and oxygen atoms in total. The molecule has 1 saturated heterocycles. The summed E-state index contributed by atoms with van der Waals surface area (Å²) in [5, 5.41) is 2.71. The zero-order valence-electron chi connectivity index (χ0n) is 10.8. The summed E-state index contributed by atoms with van der Waals surface area (Å²) < 4.78 is 5.04. The highest BCUT2D eigenvalue weighted by Crippen LogP contribution is 2.24. The molecule has 0 unspecified atom stereocenters. The number of carbonyl (C=O) groups excluding carboxylic acids is 2. The molecule has 1 aliphatic rings. The van der Waals surface area contributed by atoms with Crippen LogP contribution in [0, 0.1) is 0 Å². The van der Waals surface area contributed by atoms with Crippen LogP contribution in [0.3, 0.4) is 0 Å². The molecular formula is C13H17N3O3. The predicted molar refractivity (Wildman–Crippen MR) is 71.9 cm³/mol. The van der Waals surface area contributed by atoms with Gasteiger partial charge in [0.05, 0.1) is 19.3 Å². The normalized spacial score (nSPS) is 14.6. The molecule has 102 valence electrons. The van der Waals surface area contributed by atoms with Crippen LogP contribution in [-0.2, 0) is 9.59 Å². The molecule has 2 rings (SSSR count). The van der Waals surface area contributed by atoms with Crippen molar-refractivity contribution in [1.82, 2.24) is 4.90 Å². The number of carbonyl (C=O) groups is 2. The minimum atomic E-state index is -0.222. The number of likely N-dealkylation sites (tertiary alicyclic amines) is 1. The van der Waals surface area contributed by atoms with E-state index in [0.29, 0.717) is 30.1 Å². The van der Waals surface area contributed by atoms with Crippen molar-refractivity contribution in [2.45, 2.75) is 12.8 Å². The summed E-state index contributed by atoms with van der Waals surface area (Å²) >= 11 is 0. The highest BCUT2D eigenvalue weighted by Gasteiger charge is 2.22. The number of hydrogen-bond donors (Lipinski definition) is 2. The van der Waals surface area contributed by atoms with E-state index in [2.05, 4.69) is 5.32 Å². The molecule has 0 aliphatic carbocycles. The number of methoxy groups -OCH3 is 1. The van der Waals surface area contributed by atoms with Gasteiger partial charge in [0, 0.05) is 18.7 Å². The Morgan fingerprint density at radius 1 is 1.53 bits per heavy atom. The number of hydrogen-bond acceptors (Lipinski definition) is 4. The molecule has 0 aromatic heterocycles. The molecule has 0 spiro atoms. The fraction of sp³-hybridized carbons (Fsp3) is 0.385. The average molecular weight is 263 g/mol. The largest absolute Gasteiger partial charge is 0.495 e. The number of anilines is 2. The third-order valence-electron chi connectivity index (χ3n) is 3.02. The van der Waals surface area contributed by atoms with Gasteiger partial charge in [-0.05, 0) is 24.6 Å².